The fraction of sp³-hybridized carbons (Fsp3) is 0.250. The van der Waals surface area contributed by atoms with Crippen LogP contribution in [0.2, 0.25) is 0 Å². The number of rotatable bonds is 2. The molecular formula is C12H11F3N4. The minimum absolute atomic E-state index is 0.331. The van der Waals surface area contributed by atoms with E-state index in [4.69, 9.17) is 0 Å². The Morgan fingerprint density at radius 1 is 1.37 bits per heavy atom. The maximum atomic E-state index is 12.6. The van der Waals surface area contributed by atoms with Crippen molar-refractivity contribution in [2.24, 2.45) is 0 Å². The van der Waals surface area contributed by atoms with Gasteiger partial charge in [-0.3, -0.25) is 4.40 Å². The van der Waals surface area contributed by atoms with Crippen molar-refractivity contribution in [2.45, 2.75) is 12.7 Å². The van der Waals surface area contributed by atoms with E-state index in [9.17, 15) is 13.2 Å². The van der Waals surface area contributed by atoms with E-state index in [2.05, 4.69) is 15.3 Å². The average molecular weight is 268 g/mol. The number of H-pyrrole nitrogens is 1. The molecule has 100 valence electrons. The molecule has 0 saturated heterocycles. The predicted molar refractivity (Wildman–Crippen MR) is 64.8 cm³/mol. The van der Waals surface area contributed by atoms with Crippen LogP contribution in [0.25, 0.3) is 16.8 Å². The van der Waals surface area contributed by atoms with Crippen LogP contribution in [0, 0.1) is 0 Å². The molecule has 3 rings (SSSR count). The lowest BCUT2D eigenvalue weighted by molar-refractivity contribution is -0.137. The summed E-state index contributed by atoms with van der Waals surface area (Å²) in [4.78, 5) is 7.22. The number of imidazole rings is 2. The Labute approximate surface area is 106 Å². The van der Waals surface area contributed by atoms with Crippen molar-refractivity contribution in [3.05, 3.63) is 35.7 Å². The highest BCUT2D eigenvalue weighted by molar-refractivity contribution is 5.80. The molecule has 0 atom stereocenters. The Bertz CT molecular complexity index is 738. The Hall–Kier alpha value is -2.02. The van der Waals surface area contributed by atoms with Gasteiger partial charge < -0.3 is 10.3 Å². The molecule has 0 aliphatic rings. The zero-order valence-electron chi connectivity index (χ0n) is 10.0. The number of hydrogen-bond acceptors (Lipinski definition) is 2. The minimum Gasteiger partial charge on any atom is -0.326 e. The van der Waals surface area contributed by atoms with Crippen LogP contribution in [0.15, 0.2) is 24.4 Å². The number of hydrogen-bond donors (Lipinski definition) is 2. The minimum atomic E-state index is -4.34. The first-order chi connectivity index (χ1) is 8.99. The molecule has 2 heterocycles. The van der Waals surface area contributed by atoms with Gasteiger partial charge >= 0.3 is 6.18 Å². The second kappa shape index (κ2) is 3.99. The monoisotopic (exact) mass is 268 g/mol. The van der Waals surface area contributed by atoms with Gasteiger partial charge in [-0.2, -0.15) is 13.2 Å². The second-order valence-electron chi connectivity index (χ2n) is 4.32. The van der Waals surface area contributed by atoms with Crippen molar-refractivity contribution in [2.75, 3.05) is 7.05 Å². The summed E-state index contributed by atoms with van der Waals surface area (Å²) in [5.41, 5.74) is 1.22. The molecule has 19 heavy (non-hydrogen) atoms. The first-order valence-electron chi connectivity index (χ1n) is 5.70. The fourth-order valence-electron chi connectivity index (χ4n) is 2.11. The largest absolute Gasteiger partial charge is 0.416 e. The summed E-state index contributed by atoms with van der Waals surface area (Å²) in [5.74, 6) is 0.541. The highest BCUT2D eigenvalue weighted by atomic mass is 19.4. The van der Waals surface area contributed by atoms with Gasteiger partial charge in [0.05, 0.1) is 16.6 Å². The van der Waals surface area contributed by atoms with Crippen molar-refractivity contribution in [3.8, 4) is 0 Å². The summed E-state index contributed by atoms with van der Waals surface area (Å²) < 4.78 is 39.6. The third-order valence-electron chi connectivity index (χ3n) is 2.94. The number of alkyl halides is 3. The molecule has 3 aromatic rings. The van der Waals surface area contributed by atoms with E-state index in [1.807, 2.05) is 13.2 Å². The van der Waals surface area contributed by atoms with Gasteiger partial charge in [0.1, 0.15) is 0 Å². The molecule has 0 aliphatic heterocycles. The van der Waals surface area contributed by atoms with Crippen molar-refractivity contribution >= 4 is 16.8 Å². The summed E-state index contributed by atoms with van der Waals surface area (Å²) in [6.45, 7) is 0.644. The van der Waals surface area contributed by atoms with Crippen molar-refractivity contribution < 1.29 is 13.2 Å². The Morgan fingerprint density at radius 3 is 2.84 bits per heavy atom. The number of halogens is 3. The zero-order chi connectivity index (χ0) is 13.6. The number of aromatic nitrogens is 3. The summed E-state index contributed by atoms with van der Waals surface area (Å²) in [7, 11) is 1.82. The van der Waals surface area contributed by atoms with Crippen LogP contribution in [0.3, 0.4) is 0 Å². The molecule has 0 unspecified atom stereocenters. The lowest BCUT2D eigenvalue weighted by Gasteiger charge is -2.05. The maximum Gasteiger partial charge on any atom is 0.416 e. The topological polar surface area (TPSA) is 45.1 Å². The SMILES string of the molecule is CNCc1cn2c(nc3cc(C(F)(F)F)ccc32)[nH]1. The lowest BCUT2D eigenvalue weighted by atomic mass is 10.2. The summed E-state index contributed by atoms with van der Waals surface area (Å²) in [6.07, 6.45) is -2.52. The molecule has 0 amide bonds. The molecule has 0 spiro atoms. The molecule has 2 aromatic heterocycles. The first kappa shape index (κ1) is 12.0. The smallest absolute Gasteiger partial charge is 0.326 e. The van der Waals surface area contributed by atoms with Gasteiger partial charge in [-0.1, -0.05) is 0 Å². The normalized spacial score (nSPS) is 12.6. The highest BCUT2D eigenvalue weighted by Gasteiger charge is 2.30. The molecule has 2 N–H and O–H groups in total. The molecule has 7 heteroatoms. The van der Waals surface area contributed by atoms with E-state index < -0.39 is 11.7 Å². The molecule has 0 saturated carbocycles. The van der Waals surface area contributed by atoms with Crippen LogP contribution < -0.4 is 5.32 Å². The summed E-state index contributed by atoms with van der Waals surface area (Å²) in [5, 5.41) is 2.99. The number of benzene rings is 1. The van der Waals surface area contributed by atoms with Crippen LogP contribution in [-0.4, -0.2) is 21.4 Å². The highest BCUT2D eigenvalue weighted by Crippen LogP contribution is 2.31. The second-order valence-corrected chi connectivity index (χ2v) is 4.32. The van der Waals surface area contributed by atoms with Gasteiger partial charge in [0.2, 0.25) is 5.78 Å². The van der Waals surface area contributed by atoms with Gasteiger partial charge in [-0.15, -0.1) is 0 Å². The van der Waals surface area contributed by atoms with E-state index in [1.54, 1.807) is 4.40 Å². The number of nitrogens with one attached hydrogen (secondary N) is 2. The van der Waals surface area contributed by atoms with Crippen LogP contribution in [-0.2, 0) is 12.7 Å². The van der Waals surface area contributed by atoms with E-state index in [-0.39, 0.29) is 0 Å². The van der Waals surface area contributed by atoms with Crippen LogP contribution in [0.5, 0.6) is 0 Å². The van der Waals surface area contributed by atoms with E-state index in [1.165, 1.54) is 6.07 Å². The molecule has 0 bridgehead atoms. The van der Waals surface area contributed by atoms with E-state index in [0.717, 1.165) is 17.8 Å². The van der Waals surface area contributed by atoms with Crippen LogP contribution in [0.1, 0.15) is 11.3 Å². The third-order valence-corrected chi connectivity index (χ3v) is 2.94. The molecule has 0 aliphatic carbocycles. The van der Waals surface area contributed by atoms with Crippen LogP contribution in [0.4, 0.5) is 13.2 Å². The number of aromatic amines is 1. The Kier molecular flexibility index (Phi) is 2.53. The molecule has 4 nitrogen and oxygen atoms in total. The van der Waals surface area contributed by atoms with E-state index >= 15 is 0 Å². The zero-order valence-corrected chi connectivity index (χ0v) is 10.0. The van der Waals surface area contributed by atoms with Gasteiger partial charge in [0, 0.05) is 18.4 Å². The standard InChI is InChI=1S/C12H11F3N4/c1-16-5-8-6-19-10-3-2-7(12(13,14)15)4-9(10)18-11(19)17-8/h2-4,6,16H,5H2,1H3,(H,17,18). The first-order valence-corrected chi connectivity index (χ1v) is 5.70. The molecular weight excluding hydrogens is 257 g/mol. The molecule has 1 aromatic carbocycles. The summed E-state index contributed by atoms with van der Waals surface area (Å²) in [6, 6.07) is 3.57. The fourth-order valence-corrected chi connectivity index (χ4v) is 2.11. The van der Waals surface area contributed by atoms with Crippen LogP contribution >= 0.6 is 0 Å². The van der Waals surface area contributed by atoms with Gasteiger partial charge in [0.25, 0.3) is 0 Å². The average Bonchev–Trinajstić information content (AvgIpc) is 2.84. The number of fused-ring (bicyclic) bond motifs is 3. The lowest BCUT2D eigenvalue weighted by Crippen LogP contribution is -2.05. The van der Waals surface area contributed by atoms with Crippen molar-refractivity contribution in [1.82, 2.24) is 19.7 Å². The number of nitrogens with zero attached hydrogens (tertiary/aromatic N) is 2. The van der Waals surface area contributed by atoms with Crippen molar-refractivity contribution in [3.63, 3.8) is 0 Å². The molecule has 0 radical (unpaired) electrons. The Morgan fingerprint density at radius 2 is 2.16 bits per heavy atom. The van der Waals surface area contributed by atoms with Gasteiger partial charge in [-0.25, -0.2) is 4.98 Å². The Balaban J connectivity index is 2.16. The quantitative estimate of drug-likeness (QED) is 0.750. The van der Waals surface area contributed by atoms with Gasteiger partial charge in [0.15, 0.2) is 0 Å². The predicted octanol–water partition coefficient (Wildman–Crippen LogP) is 2.55. The maximum absolute atomic E-state index is 12.6. The van der Waals surface area contributed by atoms with Gasteiger partial charge in [-0.05, 0) is 25.2 Å². The van der Waals surface area contributed by atoms with Crippen molar-refractivity contribution in [1.29, 1.82) is 0 Å². The summed E-state index contributed by atoms with van der Waals surface area (Å²) >= 11 is 0. The third kappa shape index (κ3) is 1.95. The molecule has 0 fully saturated rings. The van der Waals surface area contributed by atoms with E-state index in [0.29, 0.717) is 23.4 Å².